The number of para-hydroxylation sites is 1. The van der Waals surface area contributed by atoms with Crippen molar-refractivity contribution in [1.82, 2.24) is 19.5 Å². The second kappa shape index (κ2) is 19.0. The summed E-state index contributed by atoms with van der Waals surface area (Å²) < 4.78 is 8.93. The first kappa shape index (κ1) is 48.5. The van der Waals surface area contributed by atoms with E-state index in [4.69, 9.17) is 19.4 Å². The van der Waals surface area contributed by atoms with Crippen molar-refractivity contribution in [2.75, 3.05) is 0 Å². The number of benzene rings is 5. The van der Waals surface area contributed by atoms with Gasteiger partial charge in [-0.1, -0.05) is 160 Å². The third-order valence-electron chi connectivity index (χ3n) is 12.1. The van der Waals surface area contributed by atoms with E-state index in [9.17, 15) is 0 Å². The van der Waals surface area contributed by atoms with E-state index in [0.717, 1.165) is 67.7 Å². The average molecular weight is 1070 g/mol. The Kier molecular flexibility index (Phi) is 14.0. The Morgan fingerprint density at radius 2 is 1.36 bits per heavy atom. The monoisotopic (exact) mass is 1070 g/mol. The van der Waals surface area contributed by atoms with Gasteiger partial charge < -0.3 is 14.0 Å². The molecule has 5 nitrogen and oxygen atoms in total. The molecule has 0 saturated heterocycles. The summed E-state index contributed by atoms with van der Waals surface area (Å²) in [6.07, 6.45) is 5.10. The Bertz CT molecular complexity index is 3100. The fraction of sp³-hybridized carbons (Fsp3) is 0.305. The molecule has 0 bridgehead atoms. The Labute approximate surface area is 407 Å². The van der Waals surface area contributed by atoms with E-state index in [1.807, 2.05) is 48.7 Å². The van der Waals surface area contributed by atoms with Gasteiger partial charge >= 0.3 is 0 Å². The van der Waals surface area contributed by atoms with Crippen LogP contribution in [0.4, 0.5) is 0 Å². The number of pyridine rings is 2. The van der Waals surface area contributed by atoms with Crippen molar-refractivity contribution in [3.05, 3.63) is 162 Å². The molecule has 5 aromatic carbocycles. The largest absolute Gasteiger partial charge is 0.501 e. The van der Waals surface area contributed by atoms with Gasteiger partial charge in [-0.15, -0.1) is 54.1 Å². The maximum absolute atomic E-state index is 6.55. The summed E-state index contributed by atoms with van der Waals surface area (Å²) in [5.41, 5.74) is 15.3. The number of hydrogen-bond acceptors (Lipinski definition) is 4. The van der Waals surface area contributed by atoms with Crippen LogP contribution in [0.1, 0.15) is 103 Å². The summed E-state index contributed by atoms with van der Waals surface area (Å²) in [5, 5.41) is 3.64. The van der Waals surface area contributed by atoms with Gasteiger partial charge in [0.2, 0.25) is 0 Å². The van der Waals surface area contributed by atoms with Crippen molar-refractivity contribution in [1.29, 1.82) is 0 Å². The minimum absolute atomic E-state index is 0. The molecule has 4 aromatic heterocycles. The molecule has 66 heavy (non-hydrogen) atoms. The number of imidazole rings is 1. The topological polar surface area (TPSA) is 56.7 Å². The standard InChI is InChI=1S/C40H38N3O.C19H26NSi.Ir/c1-24(2)31-22-27(26-14-9-8-10-15-26)23-32(25(3)4)35(31)43-36-33(20-21-41-38(36)40(5,6)7)42-39(43)30-18-13-17-29-28-16-11-12-19-34(28)44-37(29)30;1-19(2,3)13-16-12-17(15-10-8-7-9-11-15)20-14-18(16)21(4,5)6;/h8-17,19-25H,1-7H3;7-10,12,14H,13H2,1-6H3;/q2*-1;. The normalized spacial score (nSPS) is 12.2. The SMILES string of the molecule is CC(C)(C)Cc1cc(-c2[c-]cccc2)ncc1[Si](C)(C)C.CC(C)c1cc(-c2ccccc2)cc(C(C)C)c1-n1c(-c2[c-]ccc3c2oc2ccccc23)nc2ccnc(C(C)(C)C)c21.[Ir]. The predicted molar refractivity (Wildman–Crippen MR) is 277 cm³/mol. The summed E-state index contributed by atoms with van der Waals surface area (Å²) in [5.74, 6) is 1.34. The Balaban J connectivity index is 0.000000249. The van der Waals surface area contributed by atoms with Crippen molar-refractivity contribution in [3.8, 4) is 39.5 Å². The van der Waals surface area contributed by atoms with Gasteiger partial charge in [0.05, 0.1) is 36.2 Å². The molecule has 0 aliphatic carbocycles. The molecule has 1 radical (unpaired) electrons. The van der Waals surface area contributed by atoms with Gasteiger partial charge in [0, 0.05) is 49.0 Å². The van der Waals surface area contributed by atoms with Gasteiger partial charge in [0.1, 0.15) is 5.58 Å². The molecule has 341 valence electrons. The van der Waals surface area contributed by atoms with Crippen LogP contribution in [-0.2, 0) is 31.9 Å². The molecule has 0 fully saturated rings. The third-order valence-corrected chi connectivity index (χ3v) is 14.2. The predicted octanol–water partition coefficient (Wildman–Crippen LogP) is 15.7. The number of hydrogen-bond donors (Lipinski definition) is 0. The zero-order valence-electron chi connectivity index (χ0n) is 41.0. The minimum atomic E-state index is -1.37. The zero-order chi connectivity index (χ0) is 46.4. The molecule has 0 aliphatic heterocycles. The van der Waals surface area contributed by atoms with E-state index in [1.54, 1.807) is 0 Å². The second-order valence-electron chi connectivity index (χ2n) is 21.4. The van der Waals surface area contributed by atoms with Gasteiger partial charge in [0.25, 0.3) is 0 Å². The van der Waals surface area contributed by atoms with Gasteiger partial charge in [0.15, 0.2) is 0 Å². The second-order valence-corrected chi connectivity index (χ2v) is 26.4. The summed E-state index contributed by atoms with van der Waals surface area (Å²) in [4.78, 5) is 15.1. The Morgan fingerprint density at radius 1 is 0.697 bits per heavy atom. The molecule has 0 aliphatic rings. The summed E-state index contributed by atoms with van der Waals surface area (Å²) in [6.45, 7) is 29.9. The number of rotatable bonds is 8. The quantitative estimate of drug-likeness (QED) is 0.112. The summed E-state index contributed by atoms with van der Waals surface area (Å²) in [6, 6.07) is 47.0. The third kappa shape index (κ3) is 9.95. The van der Waals surface area contributed by atoms with Crippen LogP contribution in [0, 0.1) is 17.5 Å². The molecule has 0 spiro atoms. The van der Waals surface area contributed by atoms with Crippen LogP contribution < -0.4 is 5.19 Å². The van der Waals surface area contributed by atoms with Crippen LogP contribution in [0.5, 0.6) is 0 Å². The van der Waals surface area contributed by atoms with E-state index in [-0.39, 0.29) is 42.8 Å². The van der Waals surface area contributed by atoms with Gasteiger partial charge in [-0.25, -0.2) is 0 Å². The van der Waals surface area contributed by atoms with E-state index < -0.39 is 8.07 Å². The van der Waals surface area contributed by atoms with Crippen molar-refractivity contribution in [3.63, 3.8) is 0 Å². The first-order valence-electron chi connectivity index (χ1n) is 23.2. The molecule has 4 heterocycles. The van der Waals surface area contributed by atoms with Crippen LogP contribution in [0.3, 0.4) is 0 Å². The maximum atomic E-state index is 6.55. The van der Waals surface area contributed by atoms with Gasteiger partial charge in [-0.05, 0) is 81.1 Å². The van der Waals surface area contributed by atoms with Crippen LogP contribution in [0.2, 0.25) is 19.6 Å². The van der Waals surface area contributed by atoms with E-state index in [2.05, 4.69) is 185 Å². The number of aromatic nitrogens is 4. The first-order valence-corrected chi connectivity index (χ1v) is 26.7. The number of fused-ring (bicyclic) bond motifs is 4. The number of nitrogens with zero attached hydrogens (tertiary/aromatic N) is 4. The van der Waals surface area contributed by atoms with Crippen LogP contribution in [-0.4, -0.2) is 27.6 Å². The van der Waals surface area contributed by atoms with Crippen molar-refractivity contribution >= 4 is 46.2 Å². The van der Waals surface area contributed by atoms with Gasteiger partial charge in [-0.3, -0.25) is 9.97 Å². The van der Waals surface area contributed by atoms with Crippen LogP contribution in [0.25, 0.3) is 72.4 Å². The van der Waals surface area contributed by atoms with Crippen LogP contribution in [0.15, 0.2) is 132 Å². The van der Waals surface area contributed by atoms with Gasteiger partial charge in [-0.2, -0.15) is 0 Å². The van der Waals surface area contributed by atoms with E-state index in [1.165, 1.54) is 38.7 Å². The molecule has 0 atom stereocenters. The first-order chi connectivity index (χ1) is 30.8. The molecule has 0 saturated carbocycles. The maximum Gasteiger partial charge on any atom is 0.120 e. The average Bonchev–Trinajstić information content (AvgIpc) is 3.84. The molecule has 0 unspecified atom stereocenters. The van der Waals surface area contributed by atoms with Crippen molar-refractivity contribution in [2.45, 2.75) is 113 Å². The van der Waals surface area contributed by atoms with E-state index in [0.29, 0.717) is 0 Å². The molecule has 9 aromatic rings. The Hall–Kier alpha value is -5.46. The number of furan rings is 1. The van der Waals surface area contributed by atoms with Crippen LogP contribution >= 0.6 is 0 Å². The Morgan fingerprint density at radius 3 is 1.98 bits per heavy atom. The zero-order valence-corrected chi connectivity index (χ0v) is 44.4. The van der Waals surface area contributed by atoms with Crippen molar-refractivity contribution in [2.24, 2.45) is 5.41 Å². The molecule has 0 amide bonds. The molecule has 9 rings (SSSR count). The summed E-state index contributed by atoms with van der Waals surface area (Å²) >= 11 is 0. The fourth-order valence-electron chi connectivity index (χ4n) is 9.02. The molecule has 0 N–H and O–H groups in total. The van der Waals surface area contributed by atoms with Crippen molar-refractivity contribution < 1.29 is 24.5 Å². The molecule has 7 heteroatoms. The molecular weight excluding hydrogens is 1000 g/mol. The smallest absolute Gasteiger partial charge is 0.120 e. The fourth-order valence-corrected chi connectivity index (χ4v) is 10.6. The van der Waals surface area contributed by atoms with E-state index >= 15 is 0 Å². The minimum Gasteiger partial charge on any atom is -0.501 e. The summed E-state index contributed by atoms with van der Waals surface area (Å²) in [7, 11) is -1.37. The molecular formula is C59H64IrN4OSi-2.